The number of nitrogens with one attached hydrogen (secondary N) is 2. The molecule has 8 heteroatoms. The predicted molar refractivity (Wildman–Crippen MR) is 92.5 cm³/mol. The Labute approximate surface area is 147 Å². The summed E-state index contributed by atoms with van der Waals surface area (Å²) in [4.78, 5) is 12.2. The lowest BCUT2D eigenvalue weighted by Gasteiger charge is -2.08. The molecule has 1 aromatic carbocycles. The fraction of sp³-hybridized carbons (Fsp3) is 0.0625. The Morgan fingerprint density at radius 1 is 1.04 bits per heavy atom. The van der Waals surface area contributed by atoms with E-state index in [1.807, 2.05) is 6.07 Å². The maximum absolute atomic E-state index is 12.2. The SMILES string of the molecule is O=C(Nc1c(Cl)cccc1Cl)c1ccc(NCc2ccco2)nn1. The minimum Gasteiger partial charge on any atom is -0.467 e. The van der Waals surface area contributed by atoms with Crippen LogP contribution in [-0.4, -0.2) is 16.1 Å². The molecule has 0 spiro atoms. The van der Waals surface area contributed by atoms with Gasteiger partial charge in [-0.25, -0.2) is 0 Å². The predicted octanol–water partition coefficient (Wildman–Crippen LogP) is 4.24. The highest BCUT2D eigenvalue weighted by Crippen LogP contribution is 2.30. The van der Waals surface area contributed by atoms with E-state index in [2.05, 4.69) is 20.8 Å². The number of aromatic nitrogens is 2. The van der Waals surface area contributed by atoms with E-state index in [9.17, 15) is 4.79 Å². The lowest BCUT2D eigenvalue weighted by Crippen LogP contribution is -2.15. The highest BCUT2D eigenvalue weighted by atomic mass is 35.5. The van der Waals surface area contributed by atoms with E-state index in [1.165, 1.54) is 0 Å². The van der Waals surface area contributed by atoms with Gasteiger partial charge in [-0.3, -0.25) is 4.79 Å². The van der Waals surface area contributed by atoms with Crippen molar-refractivity contribution in [1.29, 1.82) is 0 Å². The van der Waals surface area contributed by atoms with Crippen LogP contribution in [0.15, 0.2) is 53.1 Å². The maximum atomic E-state index is 12.2. The molecule has 0 aliphatic carbocycles. The molecule has 24 heavy (non-hydrogen) atoms. The summed E-state index contributed by atoms with van der Waals surface area (Å²) >= 11 is 12.0. The van der Waals surface area contributed by atoms with Crippen LogP contribution in [0.5, 0.6) is 0 Å². The van der Waals surface area contributed by atoms with Crippen LogP contribution in [0.4, 0.5) is 11.5 Å². The smallest absolute Gasteiger partial charge is 0.276 e. The van der Waals surface area contributed by atoms with E-state index in [1.54, 1.807) is 42.7 Å². The zero-order chi connectivity index (χ0) is 16.9. The Kier molecular flexibility index (Phi) is 4.98. The van der Waals surface area contributed by atoms with Crippen molar-refractivity contribution in [2.24, 2.45) is 0 Å². The van der Waals surface area contributed by atoms with E-state index in [-0.39, 0.29) is 5.69 Å². The van der Waals surface area contributed by atoms with Gasteiger partial charge in [-0.15, -0.1) is 10.2 Å². The summed E-state index contributed by atoms with van der Waals surface area (Å²) in [6.45, 7) is 0.475. The first-order valence-electron chi connectivity index (χ1n) is 6.99. The molecule has 0 fully saturated rings. The van der Waals surface area contributed by atoms with Crippen LogP contribution in [0.3, 0.4) is 0 Å². The fourth-order valence-corrected chi connectivity index (χ4v) is 2.43. The van der Waals surface area contributed by atoms with E-state index >= 15 is 0 Å². The van der Waals surface area contributed by atoms with Gasteiger partial charge in [-0.2, -0.15) is 0 Å². The summed E-state index contributed by atoms with van der Waals surface area (Å²) in [5, 5.41) is 14.2. The molecule has 2 aromatic heterocycles. The van der Waals surface area contributed by atoms with E-state index in [4.69, 9.17) is 27.6 Å². The summed E-state index contributed by atoms with van der Waals surface area (Å²) in [7, 11) is 0. The molecule has 0 atom stereocenters. The Balaban J connectivity index is 1.65. The lowest BCUT2D eigenvalue weighted by atomic mass is 10.3. The van der Waals surface area contributed by atoms with Crippen molar-refractivity contribution in [2.45, 2.75) is 6.54 Å². The largest absolute Gasteiger partial charge is 0.467 e. The van der Waals surface area contributed by atoms with Crippen LogP contribution >= 0.6 is 23.2 Å². The Morgan fingerprint density at radius 3 is 2.46 bits per heavy atom. The van der Waals surface area contributed by atoms with Crippen LogP contribution < -0.4 is 10.6 Å². The van der Waals surface area contributed by atoms with Crippen molar-refractivity contribution in [3.8, 4) is 0 Å². The van der Waals surface area contributed by atoms with E-state index in [0.29, 0.717) is 28.1 Å². The van der Waals surface area contributed by atoms with Crippen LogP contribution in [-0.2, 0) is 6.54 Å². The molecular weight excluding hydrogens is 351 g/mol. The monoisotopic (exact) mass is 362 g/mol. The first-order chi connectivity index (χ1) is 11.6. The van der Waals surface area contributed by atoms with Crippen molar-refractivity contribution in [3.05, 3.63) is 70.2 Å². The van der Waals surface area contributed by atoms with E-state index < -0.39 is 5.91 Å². The van der Waals surface area contributed by atoms with Crippen LogP contribution in [0.25, 0.3) is 0 Å². The number of hydrogen-bond acceptors (Lipinski definition) is 5. The van der Waals surface area contributed by atoms with Gasteiger partial charge in [0.15, 0.2) is 5.69 Å². The first-order valence-corrected chi connectivity index (χ1v) is 7.74. The van der Waals surface area contributed by atoms with Gasteiger partial charge in [-0.1, -0.05) is 29.3 Å². The molecule has 0 saturated carbocycles. The van der Waals surface area contributed by atoms with Crippen molar-refractivity contribution in [2.75, 3.05) is 10.6 Å². The Bertz CT molecular complexity index is 816. The Morgan fingerprint density at radius 2 is 1.83 bits per heavy atom. The van der Waals surface area contributed by atoms with Gasteiger partial charge in [0.05, 0.1) is 28.5 Å². The molecule has 122 valence electrons. The summed E-state index contributed by atoms with van der Waals surface area (Å²) < 4.78 is 5.21. The summed E-state index contributed by atoms with van der Waals surface area (Å²) in [5.41, 5.74) is 0.488. The maximum Gasteiger partial charge on any atom is 0.276 e. The highest BCUT2D eigenvalue weighted by molar-refractivity contribution is 6.39. The second kappa shape index (κ2) is 7.33. The molecule has 2 N–H and O–H groups in total. The highest BCUT2D eigenvalue weighted by Gasteiger charge is 2.13. The van der Waals surface area contributed by atoms with E-state index in [0.717, 1.165) is 5.76 Å². The molecule has 2 heterocycles. The van der Waals surface area contributed by atoms with Gasteiger partial charge in [0.25, 0.3) is 5.91 Å². The van der Waals surface area contributed by atoms with Crippen molar-refractivity contribution in [1.82, 2.24) is 10.2 Å². The molecule has 0 saturated heterocycles. The normalized spacial score (nSPS) is 10.4. The first kappa shape index (κ1) is 16.3. The molecule has 1 amide bonds. The molecule has 6 nitrogen and oxygen atoms in total. The van der Waals surface area contributed by atoms with Gasteiger partial charge in [0.2, 0.25) is 0 Å². The number of benzene rings is 1. The number of amides is 1. The van der Waals surface area contributed by atoms with Gasteiger partial charge >= 0.3 is 0 Å². The van der Waals surface area contributed by atoms with Gasteiger partial charge < -0.3 is 15.1 Å². The third kappa shape index (κ3) is 3.84. The minimum absolute atomic E-state index is 0.148. The Hall–Kier alpha value is -2.57. The molecular formula is C16H12Cl2N4O2. The third-order valence-electron chi connectivity index (χ3n) is 3.12. The number of hydrogen-bond donors (Lipinski definition) is 2. The summed E-state index contributed by atoms with van der Waals surface area (Å²) in [5.74, 6) is 0.848. The number of furan rings is 1. The number of halogens is 2. The van der Waals surface area contributed by atoms with Crippen molar-refractivity contribution < 1.29 is 9.21 Å². The minimum atomic E-state index is -0.449. The fourth-order valence-electron chi connectivity index (χ4n) is 1.93. The van der Waals surface area contributed by atoms with Crippen LogP contribution in [0.1, 0.15) is 16.2 Å². The number of rotatable bonds is 5. The molecule has 0 aliphatic heterocycles. The number of nitrogens with zero attached hydrogens (tertiary/aromatic N) is 2. The average molecular weight is 363 g/mol. The van der Waals surface area contributed by atoms with Gasteiger partial charge in [-0.05, 0) is 36.4 Å². The van der Waals surface area contributed by atoms with Gasteiger partial charge in [0.1, 0.15) is 11.6 Å². The standard InChI is InChI=1S/C16H12Cl2N4O2/c17-11-4-1-5-12(18)15(11)20-16(23)13-6-7-14(22-21-13)19-9-10-3-2-8-24-10/h1-8H,9H2,(H,19,22)(H,20,23). The summed E-state index contributed by atoms with van der Waals surface area (Å²) in [6, 6.07) is 11.8. The van der Waals surface area contributed by atoms with Crippen LogP contribution in [0, 0.1) is 0 Å². The topological polar surface area (TPSA) is 80.0 Å². The molecule has 0 aliphatic rings. The summed E-state index contributed by atoms with van der Waals surface area (Å²) in [6.07, 6.45) is 1.59. The van der Waals surface area contributed by atoms with Crippen LogP contribution in [0.2, 0.25) is 10.0 Å². The number of carbonyl (C=O) groups is 1. The van der Waals surface area contributed by atoms with Crippen molar-refractivity contribution in [3.63, 3.8) is 0 Å². The molecule has 3 aromatic rings. The number of anilines is 2. The van der Waals surface area contributed by atoms with Crippen molar-refractivity contribution >= 4 is 40.6 Å². The quantitative estimate of drug-likeness (QED) is 0.709. The lowest BCUT2D eigenvalue weighted by molar-refractivity contribution is 0.102. The molecule has 3 rings (SSSR count). The second-order valence-corrected chi connectivity index (χ2v) is 5.60. The third-order valence-corrected chi connectivity index (χ3v) is 3.75. The number of carbonyl (C=O) groups excluding carboxylic acids is 1. The molecule has 0 radical (unpaired) electrons. The molecule has 0 bridgehead atoms. The molecule has 0 unspecified atom stereocenters. The zero-order valence-corrected chi connectivity index (χ0v) is 13.8. The number of para-hydroxylation sites is 1. The zero-order valence-electron chi connectivity index (χ0n) is 12.3. The average Bonchev–Trinajstić information content (AvgIpc) is 3.10. The van der Waals surface area contributed by atoms with Gasteiger partial charge in [0, 0.05) is 0 Å². The second-order valence-electron chi connectivity index (χ2n) is 4.79.